The Morgan fingerprint density at radius 1 is 1.16 bits per heavy atom. The van der Waals surface area contributed by atoms with Gasteiger partial charge in [0.25, 0.3) is 11.5 Å². The maximum absolute atomic E-state index is 13.3. The predicted molar refractivity (Wildman–Crippen MR) is 136 cm³/mol. The number of carbonyl (C=O) groups is 1. The zero-order valence-corrected chi connectivity index (χ0v) is 21.1. The van der Waals surface area contributed by atoms with Gasteiger partial charge in [0.1, 0.15) is 18.1 Å². The SMILES string of the molecule is COc1ccc(COc2nc(C(N)=O)ncc2Cn2cnc(C)c(Oc3cc(Cl)cc(C#N)c3)c2=O)cc1. The van der Waals surface area contributed by atoms with Crippen LogP contribution in [0.4, 0.5) is 0 Å². The Morgan fingerprint density at radius 2 is 1.92 bits per heavy atom. The van der Waals surface area contributed by atoms with Crippen molar-refractivity contribution in [2.75, 3.05) is 7.11 Å². The number of rotatable bonds is 9. The fourth-order valence-electron chi connectivity index (χ4n) is 3.39. The van der Waals surface area contributed by atoms with Crippen LogP contribution in [0.5, 0.6) is 23.1 Å². The Hall–Kier alpha value is -4.95. The summed E-state index contributed by atoms with van der Waals surface area (Å²) in [5.74, 6) is -0.118. The summed E-state index contributed by atoms with van der Waals surface area (Å²) >= 11 is 6.06. The summed E-state index contributed by atoms with van der Waals surface area (Å²) in [6, 6.07) is 13.6. The van der Waals surface area contributed by atoms with Gasteiger partial charge in [-0.2, -0.15) is 10.2 Å². The summed E-state index contributed by atoms with van der Waals surface area (Å²) in [5, 5.41) is 9.47. The Labute approximate surface area is 222 Å². The van der Waals surface area contributed by atoms with Crippen LogP contribution in [0.3, 0.4) is 0 Å². The van der Waals surface area contributed by atoms with Crippen molar-refractivity contribution in [1.29, 1.82) is 5.26 Å². The lowest BCUT2D eigenvalue weighted by Gasteiger charge is -2.14. The van der Waals surface area contributed by atoms with Crippen LogP contribution in [-0.2, 0) is 13.2 Å². The lowest BCUT2D eigenvalue weighted by molar-refractivity contribution is 0.0988. The number of aryl methyl sites for hydroxylation is 1. The van der Waals surface area contributed by atoms with Gasteiger partial charge in [-0.1, -0.05) is 23.7 Å². The number of nitriles is 1. The van der Waals surface area contributed by atoms with Gasteiger partial charge in [-0.3, -0.25) is 14.2 Å². The normalized spacial score (nSPS) is 10.5. The molecule has 0 aliphatic rings. The first-order chi connectivity index (χ1) is 18.3. The van der Waals surface area contributed by atoms with Gasteiger partial charge >= 0.3 is 0 Å². The zero-order chi connectivity index (χ0) is 27.2. The molecule has 0 bridgehead atoms. The summed E-state index contributed by atoms with van der Waals surface area (Å²) < 4.78 is 18.1. The van der Waals surface area contributed by atoms with Gasteiger partial charge in [0.05, 0.1) is 42.9 Å². The summed E-state index contributed by atoms with van der Waals surface area (Å²) in [7, 11) is 1.57. The lowest BCUT2D eigenvalue weighted by atomic mass is 10.2. The summed E-state index contributed by atoms with van der Waals surface area (Å²) in [6.45, 7) is 1.70. The highest BCUT2D eigenvalue weighted by atomic mass is 35.5. The van der Waals surface area contributed by atoms with E-state index in [0.29, 0.717) is 17.0 Å². The summed E-state index contributed by atoms with van der Waals surface area (Å²) in [6.07, 6.45) is 2.71. The van der Waals surface area contributed by atoms with E-state index in [1.54, 1.807) is 26.2 Å². The standard InChI is InChI=1S/C26H21ClN6O5/c1-15-22(38-21-8-17(10-28)7-19(27)9-21)26(35)33(14-31-15)12-18-11-30-24(23(29)34)32-25(18)37-13-16-3-5-20(36-2)6-4-16/h3-9,11,14H,12-13H2,1-2H3,(H2,29,34). The molecule has 4 rings (SSSR count). The minimum Gasteiger partial charge on any atom is -0.497 e. The number of primary amides is 1. The van der Waals surface area contributed by atoms with Crippen molar-refractivity contribution in [3.8, 4) is 29.2 Å². The second kappa shape index (κ2) is 11.4. The van der Waals surface area contributed by atoms with Gasteiger partial charge in [-0.25, -0.2) is 9.97 Å². The first-order valence-corrected chi connectivity index (χ1v) is 11.5. The number of halogens is 1. The van der Waals surface area contributed by atoms with Gasteiger partial charge in [0.2, 0.25) is 17.5 Å². The van der Waals surface area contributed by atoms with Gasteiger partial charge in [0, 0.05) is 11.2 Å². The third-order valence-electron chi connectivity index (χ3n) is 5.32. The zero-order valence-electron chi connectivity index (χ0n) is 20.3. The van der Waals surface area contributed by atoms with Crippen LogP contribution in [-0.4, -0.2) is 32.5 Å². The first-order valence-electron chi connectivity index (χ1n) is 11.1. The summed E-state index contributed by atoms with van der Waals surface area (Å²) in [5.41, 5.74) is 6.67. The van der Waals surface area contributed by atoms with Crippen molar-refractivity contribution in [3.05, 3.63) is 98.6 Å². The molecular weight excluding hydrogens is 512 g/mol. The largest absolute Gasteiger partial charge is 0.497 e. The van der Waals surface area contributed by atoms with Crippen LogP contribution in [0.25, 0.3) is 0 Å². The molecule has 2 aromatic heterocycles. The highest BCUT2D eigenvalue weighted by Gasteiger charge is 2.17. The van der Waals surface area contributed by atoms with Gasteiger partial charge in [0.15, 0.2) is 0 Å². The number of nitrogens with zero attached hydrogens (tertiary/aromatic N) is 5. The molecule has 4 aromatic rings. The van der Waals surface area contributed by atoms with E-state index in [-0.39, 0.29) is 46.9 Å². The number of ether oxygens (including phenoxy) is 3. The van der Waals surface area contributed by atoms with E-state index in [1.807, 2.05) is 18.2 Å². The molecule has 1 amide bonds. The molecule has 11 nitrogen and oxygen atoms in total. The Balaban J connectivity index is 1.64. The molecular formula is C26H21ClN6O5. The molecule has 0 radical (unpaired) electrons. The third-order valence-corrected chi connectivity index (χ3v) is 5.53. The molecule has 38 heavy (non-hydrogen) atoms. The molecule has 0 aliphatic carbocycles. The molecule has 0 saturated carbocycles. The number of nitrogens with two attached hydrogens (primary N) is 1. The van der Waals surface area contributed by atoms with E-state index in [4.69, 9.17) is 31.5 Å². The van der Waals surface area contributed by atoms with E-state index in [0.717, 1.165) is 5.56 Å². The molecule has 192 valence electrons. The molecule has 2 aromatic carbocycles. The smallest absolute Gasteiger partial charge is 0.296 e. The maximum atomic E-state index is 13.3. The van der Waals surface area contributed by atoms with E-state index in [2.05, 4.69) is 15.0 Å². The second-order valence-corrected chi connectivity index (χ2v) is 8.44. The molecule has 0 saturated heterocycles. The maximum Gasteiger partial charge on any atom is 0.296 e. The van der Waals surface area contributed by atoms with Crippen LogP contribution < -0.4 is 25.5 Å². The molecule has 12 heteroatoms. The number of hydrogen-bond donors (Lipinski definition) is 1. The van der Waals surface area contributed by atoms with Gasteiger partial charge in [-0.05, 0) is 42.8 Å². The molecule has 2 N–H and O–H groups in total. The van der Waals surface area contributed by atoms with Crippen molar-refractivity contribution >= 4 is 17.5 Å². The van der Waals surface area contributed by atoms with Crippen LogP contribution in [0.1, 0.15) is 33.0 Å². The Morgan fingerprint density at radius 3 is 2.61 bits per heavy atom. The van der Waals surface area contributed by atoms with Crippen molar-refractivity contribution in [2.24, 2.45) is 5.73 Å². The van der Waals surface area contributed by atoms with Crippen molar-refractivity contribution in [3.63, 3.8) is 0 Å². The highest BCUT2D eigenvalue weighted by Crippen LogP contribution is 2.26. The average Bonchev–Trinajstić information content (AvgIpc) is 2.91. The molecule has 2 heterocycles. The molecule has 0 unspecified atom stereocenters. The number of benzene rings is 2. The van der Waals surface area contributed by atoms with E-state index in [9.17, 15) is 14.9 Å². The van der Waals surface area contributed by atoms with Crippen LogP contribution in [0.15, 0.2) is 59.8 Å². The third kappa shape index (κ3) is 6.05. The monoisotopic (exact) mass is 532 g/mol. The fraction of sp³-hybridized carbons (Fsp3) is 0.154. The number of amides is 1. The van der Waals surface area contributed by atoms with Crippen molar-refractivity contribution in [1.82, 2.24) is 19.5 Å². The minimum atomic E-state index is -0.825. The quantitative estimate of drug-likeness (QED) is 0.341. The van der Waals surface area contributed by atoms with E-state index in [1.165, 1.54) is 35.3 Å². The van der Waals surface area contributed by atoms with Crippen molar-refractivity contribution < 1.29 is 19.0 Å². The number of methoxy groups -OCH3 is 1. The van der Waals surface area contributed by atoms with Crippen LogP contribution in [0.2, 0.25) is 5.02 Å². The van der Waals surface area contributed by atoms with E-state index < -0.39 is 11.5 Å². The number of carbonyl (C=O) groups excluding carboxylic acids is 1. The highest BCUT2D eigenvalue weighted by molar-refractivity contribution is 6.30. The van der Waals surface area contributed by atoms with Crippen molar-refractivity contribution in [2.45, 2.75) is 20.1 Å². The Bertz CT molecular complexity index is 1600. The average molecular weight is 533 g/mol. The molecule has 0 spiro atoms. The number of hydrogen-bond acceptors (Lipinski definition) is 9. The molecule has 0 fully saturated rings. The predicted octanol–water partition coefficient (Wildman–Crippen LogP) is 3.39. The minimum absolute atomic E-state index is 0.0432. The van der Waals surface area contributed by atoms with E-state index >= 15 is 0 Å². The van der Waals surface area contributed by atoms with Crippen LogP contribution >= 0.6 is 11.6 Å². The topological polar surface area (TPSA) is 155 Å². The Kier molecular flexibility index (Phi) is 7.84. The molecule has 0 atom stereocenters. The van der Waals surface area contributed by atoms with Gasteiger partial charge in [-0.15, -0.1) is 0 Å². The first kappa shape index (κ1) is 26.1. The number of aromatic nitrogens is 4. The van der Waals surface area contributed by atoms with Crippen LogP contribution in [0, 0.1) is 18.3 Å². The molecule has 0 aliphatic heterocycles. The van der Waals surface area contributed by atoms with Gasteiger partial charge < -0.3 is 19.9 Å². The second-order valence-electron chi connectivity index (χ2n) is 8.01. The summed E-state index contributed by atoms with van der Waals surface area (Å²) in [4.78, 5) is 37.3. The lowest BCUT2D eigenvalue weighted by Crippen LogP contribution is -2.24. The fourth-order valence-corrected chi connectivity index (χ4v) is 3.61.